The van der Waals surface area contributed by atoms with Crippen molar-refractivity contribution in [3.8, 4) is 17.2 Å². The first-order valence-corrected chi connectivity index (χ1v) is 14.2. The zero-order valence-electron chi connectivity index (χ0n) is 25.3. The van der Waals surface area contributed by atoms with E-state index in [-0.39, 0.29) is 6.61 Å². The third-order valence-electron chi connectivity index (χ3n) is 5.77. The Kier molecular flexibility index (Phi) is 17.2. The first-order valence-electron chi connectivity index (χ1n) is 14.2. The number of carbonyl (C=O) groups is 4. The summed E-state index contributed by atoms with van der Waals surface area (Å²) in [5.74, 6) is 0.473. The van der Waals surface area contributed by atoms with Gasteiger partial charge in [0, 0.05) is 37.7 Å². The van der Waals surface area contributed by atoms with E-state index in [0.717, 1.165) is 30.4 Å². The second kappa shape index (κ2) is 21.5. The van der Waals surface area contributed by atoms with E-state index in [1.165, 1.54) is 0 Å². The standard InChI is InChI=1S/C22H24O6.C13H14O4/c1-3-21(23)27-15-4-14-26-19-11-7-18(8-12-19)22(24)28-20-9-5-17(6-10-20)13-16-25-2;1-2-13(15)17-9-3-8-16-12-6-4-11(10-14)5-7-12/h3,5-12H,1,4,13-16H2,2H3;2,4-7,10H,1,3,8-9H2. The summed E-state index contributed by atoms with van der Waals surface area (Å²) in [6.07, 6.45) is 4.99. The summed E-state index contributed by atoms with van der Waals surface area (Å²) in [4.78, 5) is 44.3. The van der Waals surface area contributed by atoms with Gasteiger partial charge in [-0.15, -0.1) is 0 Å². The summed E-state index contributed by atoms with van der Waals surface area (Å²) in [5.41, 5.74) is 2.15. The molecule has 0 saturated carbocycles. The van der Waals surface area contributed by atoms with E-state index in [0.29, 0.717) is 67.6 Å². The van der Waals surface area contributed by atoms with Gasteiger partial charge in [0.25, 0.3) is 0 Å². The highest BCUT2D eigenvalue weighted by Crippen LogP contribution is 2.17. The molecule has 0 N–H and O–H groups in total. The molecule has 3 aromatic carbocycles. The van der Waals surface area contributed by atoms with Gasteiger partial charge >= 0.3 is 17.9 Å². The van der Waals surface area contributed by atoms with Crippen LogP contribution in [0.15, 0.2) is 98.1 Å². The molecule has 10 nitrogen and oxygen atoms in total. The van der Waals surface area contributed by atoms with Gasteiger partial charge in [0.15, 0.2) is 0 Å². The Morgan fingerprint density at radius 3 is 1.60 bits per heavy atom. The lowest BCUT2D eigenvalue weighted by atomic mass is 10.1. The zero-order chi connectivity index (χ0) is 32.7. The van der Waals surface area contributed by atoms with Gasteiger partial charge < -0.3 is 28.4 Å². The predicted octanol–water partition coefficient (Wildman–Crippen LogP) is 5.59. The normalized spacial score (nSPS) is 9.89. The molecule has 0 aromatic heterocycles. The van der Waals surface area contributed by atoms with Crippen LogP contribution < -0.4 is 14.2 Å². The average Bonchev–Trinajstić information content (AvgIpc) is 3.08. The van der Waals surface area contributed by atoms with Crippen molar-refractivity contribution in [2.24, 2.45) is 0 Å². The summed E-state index contributed by atoms with van der Waals surface area (Å²) in [6.45, 7) is 8.67. The van der Waals surface area contributed by atoms with E-state index in [9.17, 15) is 19.2 Å². The molecule has 0 heterocycles. The van der Waals surface area contributed by atoms with Gasteiger partial charge in [-0.05, 0) is 72.6 Å². The molecule has 0 fully saturated rings. The summed E-state index contributed by atoms with van der Waals surface area (Å²) in [5, 5.41) is 0. The molecule has 10 heteroatoms. The van der Waals surface area contributed by atoms with E-state index < -0.39 is 17.9 Å². The number of rotatable bonds is 18. The number of aldehydes is 1. The fraction of sp³-hybridized carbons (Fsp3) is 0.257. The lowest BCUT2D eigenvalue weighted by Crippen LogP contribution is -2.09. The maximum atomic E-state index is 12.2. The number of methoxy groups -OCH3 is 1. The molecule has 0 radical (unpaired) electrons. The third kappa shape index (κ3) is 15.2. The van der Waals surface area contributed by atoms with Crippen molar-refractivity contribution in [2.75, 3.05) is 40.1 Å². The van der Waals surface area contributed by atoms with E-state index in [2.05, 4.69) is 13.2 Å². The van der Waals surface area contributed by atoms with Gasteiger partial charge in [-0.3, -0.25) is 4.79 Å². The summed E-state index contributed by atoms with van der Waals surface area (Å²) >= 11 is 0. The molecule has 0 aliphatic heterocycles. The van der Waals surface area contributed by atoms with Crippen molar-refractivity contribution in [2.45, 2.75) is 19.3 Å². The Hall–Kier alpha value is -5.22. The molecule has 0 aliphatic carbocycles. The highest BCUT2D eigenvalue weighted by molar-refractivity contribution is 5.91. The molecule has 0 aliphatic rings. The molecular weight excluding hydrogens is 580 g/mol. The van der Waals surface area contributed by atoms with E-state index in [1.54, 1.807) is 67.8 Å². The van der Waals surface area contributed by atoms with Crippen LogP contribution in [0.2, 0.25) is 0 Å². The summed E-state index contributed by atoms with van der Waals surface area (Å²) in [7, 11) is 1.66. The average molecular weight is 619 g/mol. The Morgan fingerprint density at radius 2 is 1.13 bits per heavy atom. The minimum absolute atomic E-state index is 0.263. The maximum absolute atomic E-state index is 12.2. The molecule has 0 spiro atoms. The number of benzene rings is 3. The molecule has 0 unspecified atom stereocenters. The monoisotopic (exact) mass is 618 g/mol. The van der Waals surface area contributed by atoms with Crippen LogP contribution in [0.1, 0.15) is 39.1 Å². The first-order chi connectivity index (χ1) is 21.9. The molecule has 0 atom stereocenters. The topological polar surface area (TPSA) is 124 Å². The lowest BCUT2D eigenvalue weighted by molar-refractivity contribution is -0.138. The Morgan fingerprint density at radius 1 is 0.644 bits per heavy atom. The molecule has 3 aromatic rings. The number of ether oxygens (including phenoxy) is 6. The van der Waals surface area contributed by atoms with Crippen LogP contribution in [-0.2, 0) is 30.2 Å². The van der Waals surface area contributed by atoms with Crippen molar-refractivity contribution >= 4 is 24.2 Å². The summed E-state index contributed by atoms with van der Waals surface area (Å²) in [6, 6.07) is 20.8. The Labute approximate surface area is 263 Å². The fourth-order valence-corrected chi connectivity index (χ4v) is 3.40. The van der Waals surface area contributed by atoms with Crippen LogP contribution in [0.3, 0.4) is 0 Å². The second-order valence-electron chi connectivity index (χ2n) is 9.13. The first kappa shape index (κ1) is 36.0. The van der Waals surface area contributed by atoms with Crippen LogP contribution in [0, 0.1) is 0 Å². The van der Waals surface area contributed by atoms with Gasteiger partial charge in [0.05, 0.1) is 38.6 Å². The van der Waals surface area contributed by atoms with Crippen LogP contribution in [0.25, 0.3) is 0 Å². The van der Waals surface area contributed by atoms with E-state index in [1.807, 2.05) is 12.1 Å². The predicted molar refractivity (Wildman–Crippen MR) is 168 cm³/mol. The van der Waals surface area contributed by atoms with Crippen LogP contribution in [-0.4, -0.2) is 64.3 Å². The second-order valence-corrected chi connectivity index (χ2v) is 9.13. The van der Waals surface area contributed by atoms with Crippen molar-refractivity contribution in [1.82, 2.24) is 0 Å². The van der Waals surface area contributed by atoms with Crippen molar-refractivity contribution < 1.29 is 47.6 Å². The SMILES string of the molecule is C=CC(=O)OCCCOc1ccc(C(=O)Oc2ccc(CCOC)cc2)cc1.C=CC(=O)OCCCOc1ccc(C=O)cc1. The number of carbonyl (C=O) groups excluding carboxylic acids is 4. The van der Waals surface area contributed by atoms with Crippen LogP contribution in [0.4, 0.5) is 0 Å². The van der Waals surface area contributed by atoms with Gasteiger partial charge in [0.2, 0.25) is 0 Å². The van der Waals surface area contributed by atoms with Crippen LogP contribution in [0.5, 0.6) is 17.2 Å². The third-order valence-corrected chi connectivity index (χ3v) is 5.77. The molecule has 238 valence electrons. The highest BCUT2D eigenvalue weighted by atomic mass is 16.5. The van der Waals surface area contributed by atoms with E-state index in [4.69, 9.17) is 28.4 Å². The van der Waals surface area contributed by atoms with Gasteiger partial charge in [-0.1, -0.05) is 25.3 Å². The van der Waals surface area contributed by atoms with Crippen molar-refractivity contribution in [1.29, 1.82) is 0 Å². The molecule has 0 bridgehead atoms. The number of hydrogen-bond donors (Lipinski definition) is 0. The minimum Gasteiger partial charge on any atom is -0.493 e. The smallest absolute Gasteiger partial charge is 0.343 e. The van der Waals surface area contributed by atoms with Gasteiger partial charge in [-0.2, -0.15) is 0 Å². The quantitative estimate of drug-likeness (QED) is 0.0586. The maximum Gasteiger partial charge on any atom is 0.343 e. The number of esters is 3. The molecule has 0 saturated heterocycles. The number of hydrogen-bond acceptors (Lipinski definition) is 10. The van der Waals surface area contributed by atoms with Crippen molar-refractivity contribution in [3.63, 3.8) is 0 Å². The molecule has 3 rings (SSSR count). The molecular formula is C35H38O10. The lowest BCUT2D eigenvalue weighted by Gasteiger charge is -2.08. The Bertz CT molecular complexity index is 1350. The summed E-state index contributed by atoms with van der Waals surface area (Å²) < 4.78 is 31.0. The fourth-order valence-electron chi connectivity index (χ4n) is 3.40. The highest BCUT2D eigenvalue weighted by Gasteiger charge is 2.09. The molecule has 0 amide bonds. The van der Waals surface area contributed by atoms with Crippen molar-refractivity contribution in [3.05, 3.63) is 115 Å². The van der Waals surface area contributed by atoms with Gasteiger partial charge in [0.1, 0.15) is 23.5 Å². The Balaban J connectivity index is 0.000000355. The van der Waals surface area contributed by atoms with Crippen LogP contribution >= 0.6 is 0 Å². The largest absolute Gasteiger partial charge is 0.493 e. The van der Waals surface area contributed by atoms with Gasteiger partial charge in [-0.25, -0.2) is 14.4 Å². The molecule has 45 heavy (non-hydrogen) atoms. The minimum atomic E-state index is -0.451. The van der Waals surface area contributed by atoms with E-state index >= 15 is 0 Å². The zero-order valence-corrected chi connectivity index (χ0v) is 25.3.